The molecule has 1 fully saturated rings. The Bertz CT molecular complexity index is 658. The van der Waals surface area contributed by atoms with E-state index in [-0.39, 0.29) is 23.7 Å². The fourth-order valence-electron chi connectivity index (χ4n) is 4.11. The van der Waals surface area contributed by atoms with Crippen molar-refractivity contribution in [3.05, 3.63) is 23.8 Å². The van der Waals surface area contributed by atoms with Crippen molar-refractivity contribution in [1.29, 1.82) is 21.0 Å². The van der Waals surface area contributed by atoms with Gasteiger partial charge in [0.2, 0.25) is 0 Å². The lowest BCUT2D eigenvalue weighted by atomic mass is 9.38. The molecule has 4 atom stereocenters. The summed E-state index contributed by atoms with van der Waals surface area (Å²) in [6, 6.07) is 8.03. The second-order valence-corrected chi connectivity index (χ2v) is 5.51. The lowest BCUT2D eigenvalue weighted by Crippen LogP contribution is -2.62. The Morgan fingerprint density at radius 3 is 1.84 bits per heavy atom. The number of fused-ring (bicyclic) bond motifs is 1. The summed E-state index contributed by atoms with van der Waals surface area (Å²) in [6.07, 6.45) is 5.78. The van der Waals surface area contributed by atoms with Crippen molar-refractivity contribution in [1.82, 2.24) is 0 Å². The predicted octanol–water partition coefficient (Wildman–Crippen LogP) is 2.06. The van der Waals surface area contributed by atoms with Gasteiger partial charge in [0.1, 0.15) is 0 Å². The third kappa shape index (κ3) is 0.907. The van der Waals surface area contributed by atoms with Crippen LogP contribution < -0.4 is 0 Å². The topological polar surface area (TPSA) is 95.2 Å². The van der Waals surface area contributed by atoms with E-state index in [0.717, 1.165) is 5.57 Å². The van der Waals surface area contributed by atoms with E-state index < -0.39 is 10.8 Å². The van der Waals surface area contributed by atoms with Crippen molar-refractivity contribution in [2.75, 3.05) is 0 Å². The van der Waals surface area contributed by atoms with Gasteiger partial charge >= 0.3 is 0 Å². The highest BCUT2D eigenvalue weighted by molar-refractivity contribution is 5.50. The molecule has 4 aliphatic rings. The van der Waals surface area contributed by atoms with Crippen LogP contribution >= 0.6 is 0 Å². The summed E-state index contributed by atoms with van der Waals surface area (Å²) in [5.74, 6) is -0.476. The average Bonchev–Trinajstić information content (AvgIpc) is 2.44. The molecule has 19 heavy (non-hydrogen) atoms. The van der Waals surface area contributed by atoms with Crippen molar-refractivity contribution in [3.8, 4) is 24.3 Å². The Labute approximate surface area is 111 Å². The summed E-state index contributed by atoms with van der Waals surface area (Å²) < 4.78 is 0. The standard InChI is InChI=1S/C15H10N4/c1-9-4-10-11-2-3-12(13(9)10)15(7-18,8-19)14(11,5-16)6-17/h2-4,10-13H,1H3. The Morgan fingerprint density at radius 1 is 0.895 bits per heavy atom. The molecule has 0 saturated heterocycles. The molecule has 2 bridgehead atoms. The van der Waals surface area contributed by atoms with Crippen LogP contribution in [-0.4, -0.2) is 0 Å². The van der Waals surface area contributed by atoms with E-state index in [0.29, 0.717) is 0 Å². The number of allylic oxidation sites excluding steroid dienone is 4. The molecule has 0 aliphatic heterocycles. The van der Waals surface area contributed by atoms with Gasteiger partial charge in [-0.1, -0.05) is 23.8 Å². The number of nitriles is 4. The van der Waals surface area contributed by atoms with Crippen LogP contribution in [0.4, 0.5) is 0 Å². The first kappa shape index (κ1) is 11.5. The smallest absolute Gasteiger partial charge is 0.182 e. The fourth-order valence-corrected chi connectivity index (χ4v) is 4.11. The lowest BCUT2D eigenvalue weighted by molar-refractivity contribution is 0.00180. The van der Waals surface area contributed by atoms with Crippen molar-refractivity contribution >= 4 is 0 Å². The van der Waals surface area contributed by atoms with E-state index >= 15 is 0 Å². The molecular formula is C15H10N4. The first-order valence-electron chi connectivity index (χ1n) is 6.13. The molecule has 4 unspecified atom stereocenters. The summed E-state index contributed by atoms with van der Waals surface area (Å²) in [5, 5.41) is 38.1. The minimum absolute atomic E-state index is 0.115. The largest absolute Gasteiger partial charge is 0.196 e. The van der Waals surface area contributed by atoms with Gasteiger partial charge in [-0.15, -0.1) is 0 Å². The summed E-state index contributed by atoms with van der Waals surface area (Å²) in [5.41, 5.74) is -1.97. The first-order chi connectivity index (χ1) is 9.11. The van der Waals surface area contributed by atoms with Gasteiger partial charge < -0.3 is 0 Å². The Balaban J connectivity index is 2.33. The Hall–Kier alpha value is -2.56. The summed E-state index contributed by atoms with van der Waals surface area (Å²) in [7, 11) is 0. The number of hydrogen-bond donors (Lipinski definition) is 0. The lowest BCUT2D eigenvalue weighted by Gasteiger charge is -2.59. The number of hydrogen-bond acceptors (Lipinski definition) is 4. The van der Waals surface area contributed by atoms with E-state index in [2.05, 4.69) is 6.08 Å². The quantitative estimate of drug-likeness (QED) is 0.611. The molecule has 0 heterocycles. The normalized spacial score (nSPS) is 38.5. The predicted molar refractivity (Wildman–Crippen MR) is 64.2 cm³/mol. The van der Waals surface area contributed by atoms with Crippen LogP contribution in [0.25, 0.3) is 0 Å². The fraction of sp³-hybridized carbons (Fsp3) is 0.467. The summed E-state index contributed by atoms with van der Waals surface area (Å²) in [4.78, 5) is 0. The Morgan fingerprint density at radius 2 is 1.37 bits per heavy atom. The molecule has 4 heteroatoms. The van der Waals surface area contributed by atoms with Gasteiger partial charge in [0, 0.05) is 11.8 Å². The number of rotatable bonds is 0. The van der Waals surface area contributed by atoms with Gasteiger partial charge in [0.25, 0.3) is 0 Å². The van der Waals surface area contributed by atoms with E-state index in [1.165, 1.54) is 0 Å². The van der Waals surface area contributed by atoms with Crippen LogP contribution in [0.5, 0.6) is 0 Å². The van der Waals surface area contributed by atoms with Gasteiger partial charge in [-0.3, -0.25) is 0 Å². The zero-order valence-corrected chi connectivity index (χ0v) is 10.3. The molecule has 4 rings (SSSR count). The molecule has 0 N–H and O–H groups in total. The first-order valence-corrected chi connectivity index (χ1v) is 6.13. The summed E-state index contributed by atoms with van der Waals surface area (Å²) >= 11 is 0. The second-order valence-electron chi connectivity index (χ2n) is 5.51. The van der Waals surface area contributed by atoms with Gasteiger partial charge in [-0.2, -0.15) is 21.0 Å². The average molecular weight is 246 g/mol. The highest BCUT2D eigenvalue weighted by Crippen LogP contribution is 2.67. The monoisotopic (exact) mass is 246 g/mol. The van der Waals surface area contributed by atoms with E-state index in [1.807, 2.05) is 43.4 Å². The summed E-state index contributed by atoms with van der Waals surface area (Å²) in [6.45, 7) is 1.98. The third-order valence-corrected chi connectivity index (χ3v) is 5.05. The van der Waals surface area contributed by atoms with Crippen molar-refractivity contribution in [3.63, 3.8) is 0 Å². The van der Waals surface area contributed by atoms with E-state index in [9.17, 15) is 21.0 Å². The maximum Gasteiger partial charge on any atom is 0.182 e. The van der Waals surface area contributed by atoms with Crippen LogP contribution in [0.15, 0.2) is 23.8 Å². The van der Waals surface area contributed by atoms with Gasteiger partial charge in [-0.25, -0.2) is 0 Å². The highest BCUT2D eigenvalue weighted by Gasteiger charge is 2.72. The molecule has 4 aliphatic carbocycles. The molecule has 0 amide bonds. The van der Waals surface area contributed by atoms with Crippen molar-refractivity contribution in [2.24, 2.45) is 34.5 Å². The van der Waals surface area contributed by atoms with Gasteiger partial charge in [-0.05, 0) is 18.8 Å². The molecule has 0 aromatic rings. The van der Waals surface area contributed by atoms with Gasteiger partial charge in [0.15, 0.2) is 10.8 Å². The minimum Gasteiger partial charge on any atom is -0.196 e. The van der Waals surface area contributed by atoms with Crippen LogP contribution in [0, 0.1) is 79.8 Å². The molecule has 0 aromatic heterocycles. The molecule has 0 spiro atoms. The molecule has 1 saturated carbocycles. The SMILES string of the molecule is CC1=CC2C1C1C=CC2C(C#N)(C#N)C1(C#N)C#N. The minimum atomic E-state index is -1.56. The number of nitrogens with zero attached hydrogens (tertiary/aromatic N) is 4. The maximum absolute atomic E-state index is 9.55. The van der Waals surface area contributed by atoms with Gasteiger partial charge in [0.05, 0.1) is 24.3 Å². The van der Waals surface area contributed by atoms with Crippen LogP contribution in [0.1, 0.15) is 6.92 Å². The van der Waals surface area contributed by atoms with Crippen LogP contribution in [-0.2, 0) is 0 Å². The Kier molecular flexibility index (Phi) is 1.98. The molecule has 0 radical (unpaired) electrons. The zero-order valence-electron chi connectivity index (χ0n) is 10.3. The van der Waals surface area contributed by atoms with Crippen LogP contribution in [0.2, 0.25) is 0 Å². The third-order valence-electron chi connectivity index (χ3n) is 5.05. The molecule has 0 aromatic carbocycles. The second kappa shape index (κ2) is 3.26. The molecule has 90 valence electrons. The van der Waals surface area contributed by atoms with Crippen molar-refractivity contribution in [2.45, 2.75) is 6.92 Å². The highest BCUT2D eigenvalue weighted by atomic mass is 14.7. The van der Waals surface area contributed by atoms with Crippen molar-refractivity contribution < 1.29 is 0 Å². The zero-order chi connectivity index (χ0) is 13.8. The maximum atomic E-state index is 9.55. The van der Waals surface area contributed by atoms with E-state index in [4.69, 9.17) is 0 Å². The van der Waals surface area contributed by atoms with E-state index in [1.54, 1.807) is 0 Å². The van der Waals surface area contributed by atoms with Crippen LogP contribution in [0.3, 0.4) is 0 Å². The molecule has 4 nitrogen and oxygen atoms in total. The molecular weight excluding hydrogens is 236 g/mol.